The number of benzene rings is 2. The van der Waals surface area contributed by atoms with Gasteiger partial charge in [-0.25, -0.2) is 14.6 Å². The number of carbonyl (C=O) groups is 2. The number of carbonyl (C=O) groups excluding carboxylic acids is 2. The molecule has 1 unspecified atom stereocenters. The van der Waals surface area contributed by atoms with Crippen LogP contribution in [-0.4, -0.2) is 61.3 Å². The van der Waals surface area contributed by atoms with Crippen LogP contribution in [0.5, 0.6) is 5.75 Å². The maximum atomic E-state index is 12.8. The molecule has 12 nitrogen and oxygen atoms in total. The van der Waals surface area contributed by atoms with Crippen LogP contribution in [0.15, 0.2) is 47.4 Å². The van der Waals surface area contributed by atoms with Gasteiger partial charge in [0.15, 0.2) is 6.04 Å². The molecule has 1 heterocycles. The minimum Gasteiger partial charge on any atom is -0.467 e. The smallest absolute Gasteiger partial charge is 0.339 e. The number of anilines is 2. The van der Waals surface area contributed by atoms with Gasteiger partial charge in [0.1, 0.15) is 10.6 Å². The maximum absolute atomic E-state index is 12.8. The molecule has 1 aromatic heterocycles. The molecule has 1 saturated carbocycles. The minimum absolute atomic E-state index is 0.0206. The third-order valence-corrected chi connectivity index (χ3v) is 7.00. The molecule has 0 aliphatic heterocycles. The van der Waals surface area contributed by atoms with Crippen molar-refractivity contribution in [2.24, 2.45) is 0 Å². The van der Waals surface area contributed by atoms with Crippen molar-refractivity contribution in [3.63, 3.8) is 0 Å². The minimum atomic E-state index is -4.07. The van der Waals surface area contributed by atoms with Gasteiger partial charge < -0.3 is 29.6 Å². The number of aromatic amines is 1. The summed E-state index contributed by atoms with van der Waals surface area (Å²) in [5, 5.41) is 17.3. The van der Waals surface area contributed by atoms with Crippen LogP contribution in [0, 0.1) is 0 Å². The molecule has 5 N–H and O–H groups in total. The molecular formula is C23H27N5O7S. The summed E-state index contributed by atoms with van der Waals surface area (Å²) in [5.74, 6) is -0.712. The fourth-order valence-electron chi connectivity index (χ4n) is 3.92. The summed E-state index contributed by atoms with van der Waals surface area (Å²) in [6, 6.07) is 9.21. The van der Waals surface area contributed by atoms with Crippen LogP contribution in [0.2, 0.25) is 0 Å². The second-order valence-corrected chi connectivity index (χ2v) is 9.86. The summed E-state index contributed by atoms with van der Waals surface area (Å²) >= 11 is 0. The lowest BCUT2D eigenvalue weighted by molar-refractivity contribution is -0.143. The summed E-state index contributed by atoms with van der Waals surface area (Å²) in [5.41, 5.74) is 1.70. The fraction of sp³-hybridized carbons (Fsp3) is 0.348. The lowest BCUT2D eigenvalue weighted by Crippen LogP contribution is -2.46. The number of aromatic nitrogens is 2. The second kappa shape index (κ2) is 10.8. The van der Waals surface area contributed by atoms with Gasteiger partial charge in [-0.15, -0.1) is 0 Å². The molecule has 192 valence electrons. The number of ether oxygens (including phenoxy) is 1. The van der Waals surface area contributed by atoms with Crippen molar-refractivity contribution in [2.45, 2.75) is 42.7 Å². The van der Waals surface area contributed by atoms with Crippen LogP contribution < -0.4 is 20.1 Å². The Bertz CT molecular complexity index is 1330. The summed E-state index contributed by atoms with van der Waals surface area (Å²) in [4.78, 5) is 30.6. The van der Waals surface area contributed by atoms with Gasteiger partial charge in [0.05, 0.1) is 24.8 Å². The number of amides is 2. The van der Waals surface area contributed by atoms with E-state index in [1.807, 2.05) is 0 Å². The van der Waals surface area contributed by atoms with E-state index < -0.39 is 34.8 Å². The first kappa shape index (κ1) is 25.3. The topological polar surface area (TPSA) is 172 Å². The van der Waals surface area contributed by atoms with Gasteiger partial charge in [0, 0.05) is 17.8 Å². The molecule has 1 fully saturated rings. The lowest BCUT2D eigenvalue weighted by atomic mass is 10.2. The Hall–Kier alpha value is -3.84. The van der Waals surface area contributed by atoms with Gasteiger partial charge in [-0.1, -0.05) is 12.8 Å². The van der Waals surface area contributed by atoms with Gasteiger partial charge in [0.2, 0.25) is 5.95 Å². The Morgan fingerprint density at radius 1 is 1.17 bits per heavy atom. The summed E-state index contributed by atoms with van der Waals surface area (Å²) < 4.78 is 35.3. The fourth-order valence-corrected chi connectivity index (χ4v) is 4.84. The zero-order chi connectivity index (χ0) is 25.7. The zero-order valence-electron chi connectivity index (χ0n) is 19.5. The SMILES string of the molecule is COC(=O)C(CO)NC(=O)Nc1nc2ccc(OS(=O)(=O)c3ccc(NC4CCCC4)cc3)cc2[nH]1. The number of nitrogens with one attached hydrogen (secondary N) is 4. The number of esters is 1. The van der Waals surface area contributed by atoms with Crippen LogP contribution in [-0.2, 0) is 19.6 Å². The summed E-state index contributed by atoms with van der Waals surface area (Å²) in [6.07, 6.45) is 4.61. The molecule has 36 heavy (non-hydrogen) atoms. The number of aliphatic hydroxyl groups is 1. The van der Waals surface area contributed by atoms with Crippen molar-refractivity contribution in [1.82, 2.24) is 15.3 Å². The van der Waals surface area contributed by atoms with Crippen molar-refractivity contribution >= 4 is 44.8 Å². The monoisotopic (exact) mass is 517 g/mol. The van der Waals surface area contributed by atoms with Crippen LogP contribution in [0.1, 0.15) is 25.7 Å². The van der Waals surface area contributed by atoms with Gasteiger partial charge >= 0.3 is 22.1 Å². The standard InChI is InChI=1S/C23H27N5O7S/c1-34-21(30)20(13-29)27-23(31)28-22-25-18-11-8-16(12-19(18)26-22)35-36(32,33)17-9-6-15(7-10-17)24-14-4-2-3-5-14/h6-12,14,20,24,29H,2-5,13H2,1H3,(H3,25,26,27,28,31). The number of urea groups is 1. The molecule has 2 aromatic carbocycles. The van der Waals surface area contributed by atoms with Crippen molar-refractivity contribution in [2.75, 3.05) is 24.4 Å². The highest BCUT2D eigenvalue weighted by molar-refractivity contribution is 7.87. The Kier molecular flexibility index (Phi) is 7.60. The average Bonchev–Trinajstić information content (AvgIpc) is 3.51. The Labute approximate surface area is 207 Å². The molecule has 0 spiro atoms. The molecule has 2 amide bonds. The molecule has 0 bridgehead atoms. The number of methoxy groups -OCH3 is 1. The van der Waals surface area contributed by atoms with Crippen LogP contribution in [0.3, 0.4) is 0 Å². The van der Waals surface area contributed by atoms with Gasteiger partial charge in [-0.3, -0.25) is 5.32 Å². The van der Waals surface area contributed by atoms with E-state index in [4.69, 9.17) is 4.18 Å². The number of hydrogen-bond donors (Lipinski definition) is 5. The lowest BCUT2D eigenvalue weighted by Gasteiger charge is -2.14. The van der Waals surface area contributed by atoms with Gasteiger partial charge in [-0.05, 0) is 49.2 Å². The van der Waals surface area contributed by atoms with E-state index in [0.717, 1.165) is 25.6 Å². The first-order chi connectivity index (χ1) is 17.3. The van der Waals surface area contributed by atoms with Crippen LogP contribution in [0.25, 0.3) is 11.0 Å². The molecule has 4 rings (SSSR count). The number of rotatable bonds is 9. The molecular weight excluding hydrogens is 490 g/mol. The third kappa shape index (κ3) is 6.04. The summed E-state index contributed by atoms with van der Waals surface area (Å²) in [7, 11) is -2.94. The Morgan fingerprint density at radius 2 is 1.89 bits per heavy atom. The number of imidazole rings is 1. The third-order valence-electron chi connectivity index (χ3n) is 5.73. The molecule has 1 aliphatic carbocycles. The molecule has 13 heteroatoms. The van der Waals surface area contributed by atoms with E-state index in [1.54, 1.807) is 12.1 Å². The normalized spacial score (nSPS) is 14.8. The highest BCUT2D eigenvalue weighted by Gasteiger charge is 2.22. The van der Waals surface area contributed by atoms with Crippen molar-refractivity contribution in [1.29, 1.82) is 0 Å². The highest BCUT2D eigenvalue weighted by atomic mass is 32.2. The van der Waals surface area contributed by atoms with E-state index in [1.165, 1.54) is 43.2 Å². The number of H-pyrrole nitrogens is 1. The number of nitrogens with zero attached hydrogens (tertiary/aromatic N) is 1. The first-order valence-corrected chi connectivity index (χ1v) is 12.8. The first-order valence-electron chi connectivity index (χ1n) is 11.3. The molecule has 3 aromatic rings. The van der Waals surface area contributed by atoms with Gasteiger partial charge in [0.25, 0.3) is 0 Å². The maximum Gasteiger partial charge on any atom is 0.339 e. The van der Waals surface area contributed by atoms with E-state index in [0.29, 0.717) is 17.1 Å². The summed E-state index contributed by atoms with van der Waals surface area (Å²) in [6.45, 7) is -0.644. The Morgan fingerprint density at radius 3 is 2.56 bits per heavy atom. The van der Waals surface area contributed by atoms with Crippen molar-refractivity contribution in [3.8, 4) is 5.75 Å². The Balaban J connectivity index is 1.41. The molecule has 1 atom stereocenters. The van der Waals surface area contributed by atoms with E-state index >= 15 is 0 Å². The predicted octanol–water partition coefficient (Wildman–Crippen LogP) is 2.34. The quantitative estimate of drug-likeness (QED) is 0.211. The second-order valence-electron chi connectivity index (χ2n) is 8.31. The van der Waals surface area contributed by atoms with E-state index in [9.17, 15) is 23.1 Å². The van der Waals surface area contributed by atoms with Gasteiger partial charge in [-0.2, -0.15) is 8.42 Å². The van der Waals surface area contributed by atoms with Crippen LogP contribution >= 0.6 is 0 Å². The molecule has 1 aliphatic rings. The van der Waals surface area contributed by atoms with E-state index in [2.05, 4.69) is 30.7 Å². The zero-order valence-corrected chi connectivity index (χ0v) is 20.3. The largest absolute Gasteiger partial charge is 0.467 e. The number of aliphatic hydroxyl groups excluding tert-OH is 1. The molecule has 0 saturated heterocycles. The van der Waals surface area contributed by atoms with Crippen molar-refractivity contribution < 1.29 is 32.0 Å². The van der Waals surface area contributed by atoms with E-state index in [-0.39, 0.29) is 16.6 Å². The predicted molar refractivity (Wildman–Crippen MR) is 131 cm³/mol. The average molecular weight is 518 g/mol. The van der Waals surface area contributed by atoms with Crippen LogP contribution in [0.4, 0.5) is 16.4 Å². The van der Waals surface area contributed by atoms with Crippen molar-refractivity contribution in [3.05, 3.63) is 42.5 Å². The highest BCUT2D eigenvalue weighted by Crippen LogP contribution is 2.26. The number of fused-ring (bicyclic) bond motifs is 1. The number of hydrogen-bond acceptors (Lipinski definition) is 9. The molecule has 0 radical (unpaired) electrons.